The van der Waals surface area contributed by atoms with Gasteiger partial charge in [-0.1, -0.05) is 24.3 Å². The average Bonchev–Trinajstić information content (AvgIpc) is 3.04. The predicted molar refractivity (Wildman–Crippen MR) is 77.2 cm³/mol. The van der Waals surface area contributed by atoms with Crippen LogP contribution in [0, 0.1) is 0 Å². The first-order valence-electron chi connectivity index (χ1n) is 6.38. The molecule has 0 unspecified atom stereocenters. The largest absolute Gasteiger partial charge is 0.453 e. The molecule has 3 rings (SSSR count). The molecule has 0 spiro atoms. The number of benzene rings is 1. The van der Waals surface area contributed by atoms with Crippen LogP contribution >= 0.6 is 0 Å². The van der Waals surface area contributed by atoms with Gasteiger partial charge in [0.15, 0.2) is 17.8 Å². The highest BCUT2D eigenvalue weighted by Crippen LogP contribution is 2.22. The zero-order valence-corrected chi connectivity index (χ0v) is 11.0. The van der Waals surface area contributed by atoms with Crippen molar-refractivity contribution in [3.8, 4) is 11.3 Å². The number of hydrogen-bond donors (Lipinski definition) is 0. The van der Waals surface area contributed by atoms with Crippen molar-refractivity contribution in [1.29, 1.82) is 0 Å². The van der Waals surface area contributed by atoms with Crippen LogP contribution in [0.2, 0.25) is 0 Å². The lowest BCUT2D eigenvalue weighted by Crippen LogP contribution is -2.00. The van der Waals surface area contributed by atoms with Crippen molar-refractivity contribution in [2.45, 2.75) is 0 Å². The van der Waals surface area contributed by atoms with Crippen LogP contribution in [0.1, 0.15) is 26.5 Å². The van der Waals surface area contributed by atoms with E-state index in [-0.39, 0.29) is 11.5 Å². The smallest absolute Gasteiger partial charge is 0.193 e. The van der Waals surface area contributed by atoms with E-state index in [1.807, 2.05) is 0 Å². The summed E-state index contributed by atoms with van der Waals surface area (Å²) in [4.78, 5) is 26.7. The molecule has 1 aromatic carbocycles. The Morgan fingerprint density at radius 3 is 2.19 bits per heavy atom. The summed E-state index contributed by atoms with van der Waals surface area (Å²) in [5, 5.41) is 0. The quantitative estimate of drug-likeness (QED) is 0.541. The van der Waals surface area contributed by atoms with Crippen LogP contribution in [-0.2, 0) is 0 Å². The van der Waals surface area contributed by atoms with Crippen LogP contribution in [0.4, 0.5) is 0 Å². The zero-order chi connectivity index (χ0) is 14.7. The summed E-state index contributed by atoms with van der Waals surface area (Å²) in [6.07, 6.45) is 3.83. The topological polar surface area (TPSA) is 60.2 Å². The Morgan fingerprint density at radius 2 is 1.57 bits per heavy atom. The van der Waals surface area contributed by atoms with Gasteiger partial charge in [0, 0.05) is 29.1 Å². The number of nitrogens with zero attached hydrogens (tertiary/aromatic N) is 1. The molecule has 21 heavy (non-hydrogen) atoms. The average molecular weight is 277 g/mol. The molecule has 0 saturated heterocycles. The summed E-state index contributed by atoms with van der Waals surface area (Å²) in [6.45, 7) is 0. The molecule has 0 atom stereocenters. The molecule has 4 nitrogen and oxygen atoms in total. The monoisotopic (exact) mass is 277 g/mol. The van der Waals surface area contributed by atoms with Crippen molar-refractivity contribution >= 4 is 12.1 Å². The van der Waals surface area contributed by atoms with E-state index in [1.165, 1.54) is 0 Å². The molecule has 0 aliphatic carbocycles. The Hall–Kier alpha value is -3.01. The highest BCUT2D eigenvalue weighted by atomic mass is 16.3. The molecule has 0 radical (unpaired) electrons. The molecule has 102 valence electrons. The number of aldehydes is 1. The van der Waals surface area contributed by atoms with E-state index < -0.39 is 0 Å². The summed E-state index contributed by atoms with van der Waals surface area (Å²) in [7, 11) is 0. The van der Waals surface area contributed by atoms with E-state index in [0.29, 0.717) is 23.2 Å². The molecule has 2 heterocycles. The van der Waals surface area contributed by atoms with Crippen LogP contribution in [0.3, 0.4) is 0 Å². The molecular weight excluding hydrogens is 266 g/mol. The normalized spacial score (nSPS) is 10.3. The minimum atomic E-state index is -0.0584. The maximum atomic E-state index is 12.2. The fraction of sp³-hybridized carbons (Fsp3) is 0. The molecule has 2 aromatic heterocycles. The fourth-order valence-corrected chi connectivity index (χ4v) is 2.03. The first-order valence-corrected chi connectivity index (χ1v) is 6.38. The lowest BCUT2D eigenvalue weighted by atomic mass is 10.0. The number of aromatic nitrogens is 1. The highest BCUT2D eigenvalue weighted by Gasteiger charge is 2.10. The summed E-state index contributed by atoms with van der Waals surface area (Å²) in [5.74, 6) is 0.818. The van der Waals surface area contributed by atoms with Crippen LogP contribution in [0.25, 0.3) is 11.3 Å². The van der Waals surface area contributed by atoms with Crippen molar-refractivity contribution in [2.24, 2.45) is 0 Å². The Bertz CT molecular complexity index is 773. The van der Waals surface area contributed by atoms with Gasteiger partial charge in [-0.2, -0.15) is 0 Å². The van der Waals surface area contributed by atoms with Crippen molar-refractivity contribution in [1.82, 2.24) is 4.98 Å². The zero-order valence-electron chi connectivity index (χ0n) is 11.0. The predicted octanol–water partition coefficient (Wildman–Crippen LogP) is 3.39. The van der Waals surface area contributed by atoms with Crippen LogP contribution in [-0.4, -0.2) is 17.1 Å². The second-order valence-electron chi connectivity index (χ2n) is 4.46. The van der Waals surface area contributed by atoms with Gasteiger partial charge in [0.1, 0.15) is 5.76 Å². The molecule has 0 N–H and O–H groups in total. The molecule has 0 aliphatic heterocycles. The first kappa shape index (κ1) is 13.0. The molecule has 0 aliphatic rings. The van der Waals surface area contributed by atoms with E-state index in [4.69, 9.17) is 4.42 Å². The fourth-order valence-electron chi connectivity index (χ4n) is 2.03. The van der Waals surface area contributed by atoms with E-state index >= 15 is 0 Å². The lowest BCUT2D eigenvalue weighted by Gasteiger charge is -2.02. The number of carbonyl (C=O) groups excluding carboxylic acids is 2. The number of pyridine rings is 1. The molecule has 0 fully saturated rings. The molecular formula is C17H11NO3. The summed E-state index contributed by atoms with van der Waals surface area (Å²) < 4.78 is 5.34. The molecule has 4 heteroatoms. The number of ketones is 1. The molecule has 0 amide bonds. The summed E-state index contributed by atoms with van der Waals surface area (Å²) >= 11 is 0. The molecule has 0 saturated carbocycles. The van der Waals surface area contributed by atoms with Crippen LogP contribution < -0.4 is 0 Å². The van der Waals surface area contributed by atoms with E-state index in [9.17, 15) is 9.59 Å². The Kier molecular flexibility index (Phi) is 3.43. The van der Waals surface area contributed by atoms with Gasteiger partial charge in [-0.3, -0.25) is 14.6 Å². The van der Waals surface area contributed by atoms with Gasteiger partial charge in [0.2, 0.25) is 0 Å². The van der Waals surface area contributed by atoms with Gasteiger partial charge >= 0.3 is 0 Å². The van der Waals surface area contributed by atoms with Gasteiger partial charge in [-0.15, -0.1) is 0 Å². The lowest BCUT2D eigenvalue weighted by molar-refractivity contribution is 0.103. The third-order valence-electron chi connectivity index (χ3n) is 3.12. The van der Waals surface area contributed by atoms with Gasteiger partial charge in [0.25, 0.3) is 0 Å². The SMILES string of the molecule is O=Cc1ccc(-c2ccc(C(=O)c3ccncc3)cc2)o1. The Labute approximate surface area is 121 Å². The minimum absolute atomic E-state index is 0.0584. The van der Waals surface area contributed by atoms with Crippen molar-refractivity contribution in [3.63, 3.8) is 0 Å². The van der Waals surface area contributed by atoms with Crippen LogP contribution in [0.15, 0.2) is 65.3 Å². The van der Waals surface area contributed by atoms with Crippen molar-refractivity contribution in [3.05, 3.63) is 77.8 Å². The Balaban J connectivity index is 1.87. The van der Waals surface area contributed by atoms with Gasteiger partial charge in [-0.05, 0) is 24.3 Å². The molecule has 3 aromatic rings. The number of rotatable bonds is 4. The van der Waals surface area contributed by atoms with Gasteiger partial charge < -0.3 is 4.42 Å². The number of furan rings is 1. The minimum Gasteiger partial charge on any atom is -0.453 e. The number of carbonyl (C=O) groups is 2. The third kappa shape index (κ3) is 2.65. The van der Waals surface area contributed by atoms with Crippen molar-refractivity contribution < 1.29 is 14.0 Å². The van der Waals surface area contributed by atoms with Crippen molar-refractivity contribution in [2.75, 3.05) is 0 Å². The first-order chi connectivity index (χ1) is 10.3. The van der Waals surface area contributed by atoms with E-state index in [0.717, 1.165) is 5.56 Å². The van der Waals surface area contributed by atoms with Gasteiger partial charge in [-0.25, -0.2) is 0 Å². The number of hydrogen-bond acceptors (Lipinski definition) is 4. The van der Waals surface area contributed by atoms with E-state index in [1.54, 1.807) is 60.9 Å². The summed E-state index contributed by atoms with van der Waals surface area (Å²) in [5.41, 5.74) is 2.00. The molecule has 0 bridgehead atoms. The van der Waals surface area contributed by atoms with Crippen LogP contribution in [0.5, 0.6) is 0 Å². The van der Waals surface area contributed by atoms with E-state index in [2.05, 4.69) is 4.98 Å². The second-order valence-corrected chi connectivity index (χ2v) is 4.46. The maximum Gasteiger partial charge on any atom is 0.193 e. The summed E-state index contributed by atoms with van der Waals surface area (Å²) in [6, 6.07) is 13.8. The Morgan fingerprint density at radius 1 is 0.905 bits per heavy atom. The third-order valence-corrected chi connectivity index (χ3v) is 3.12. The maximum absolute atomic E-state index is 12.2. The standard InChI is InChI=1S/C17H11NO3/c19-11-15-5-6-16(21-15)12-1-3-13(4-2-12)17(20)14-7-9-18-10-8-14/h1-11H. The second kappa shape index (κ2) is 5.54. The highest BCUT2D eigenvalue weighted by molar-refractivity contribution is 6.09. The van der Waals surface area contributed by atoms with Gasteiger partial charge in [0.05, 0.1) is 0 Å².